The summed E-state index contributed by atoms with van der Waals surface area (Å²) < 4.78 is 27.5. The molecule has 0 unspecified atom stereocenters. The SMILES string of the molecule is C[C@@H](C1CC1)N(C)S(=O)(=O)c1cc(C(=O)O)n(C)c1. The topological polar surface area (TPSA) is 79.6 Å². The molecule has 1 saturated carbocycles. The Morgan fingerprint density at radius 3 is 2.53 bits per heavy atom. The van der Waals surface area contributed by atoms with Gasteiger partial charge in [-0.2, -0.15) is 4.31 Å². The van der Waals surface area contributed by atoms with Crippen LogP contribution >= 0.6 is 0 Å². The van der Waals surface area contributed by atoms with Crippen molar-refractivity contribution < 1.29 is 18.3 Å². The molecule has 0 bridgehead atoms. The zero-order chi connectivity index (χ0) is 14.4. The van der Waals surface area contributed by atoms with Crippen molar-refractivity contribution >= 4 is 16.0 Å². The number of hydrogen-bond acceptors (Lipinski definition) is 3. The van der Waals surface area contributed by atoms with Crippen LogP contribution in [0.4, 0.5) is 0 Å². The smallest absolute Gasteiger partial charge is 0.352 e. The van der Waals surface area contributed by atoms with Crippen molar-refractivity contribution in [2.45, 2.75) is 30.7 Å². The fraction of sp³-hybridized carbons (Fsp3) is 0.583. The van der Waals surface area contributed by atoms with E-state index in [1.54, 1.807) is 7.05 Å². The zero-order valence-electron chi connectivity index (χ0n) is 11.2. The molecule has 1 aliphatic carbocycles. The molecule has 0 radical (unpaired) electrons. The molecule has 0 aromatic carbocycles. The standard InChI is InChI=1S/C12H18N2O4S/c1-8(9-4-5-9)14(3)19(17,18)10-6-11(12(15)16)13(2)7-10/h6-9H,4-5H2,1-3H3,(H,15,16)/t8-/m0/s1. The molecule has 7 heteroatoms. The van der Waals surface area contributed by atoms with Gasteiger partial charge in [-0.1, -0.05) is 0 Å². The molecule has 1 heterocycles. The lowest BCUT2D eigenvalue weighted by atomic mass is 10.2. The van der Waals surface area contributed by atoms with Crippen LogP contribution in [0.25, 0.3) is 0 Å². The fourth-order valence-electron chi connectivity index (χ4n) is 2.15. The highest BCUT2D eigenvalue weighted by Crippen LogP contribution is 2.36. The van der Waals surface area contributed by atoms with Gasteiger partial charge in [0, 0.05) is 26.3 Å². The third-order valence-corrected chi connectivity index (χ3v) is 5.66. The van der Waals surface area contributed by atoms with Crippen molar-refractivity contribution in [2.75, 3.05) is 7.05 Å². The number of carbonyl (C=O) groups is 1. The Morgan fingerprint density at radius 2 is 2.11 bits per heavy atom. The minimum absolute atomic E-state index is 0.0300. The maximum Gasteiger partial charge on any atom is 0.352 e. The van der Waals surface area contributed by atoms with Crippen molar-refractivity contribution in [1.29, 1.82) is 0 Å². The molecule has 1 aliphatic rings. The number of aromatic nitrogens is 1. The van der Waals surface area contributed by atoms with Gasteiger partial charge in [0.05, 0.1) is 0 Å². The van der Waals surface area contributed by atoms with Crippen LogP contribution in [0.3, 0.4) is 0 Å². The molecule has 106 valence electrons. The highest BCUT2D eigenvalue weighted by molar-refractivity contribution is 7.89. The van der Waals surface area contributed by atoms with E-state index in [0.29, 0.717) is 5.92 Å². The maximum absolute atomic E-state index is 12.4. The second kappa shape index (κ2) is 4.64. The Labute approximate surface area is 112 Å². The van der Waals surface area contributed by atoms with Gasteiger partial charge in [0.25, 0.3) is 0 Å². The third-order valence-electron chi connectivity index (χ3n) is 3.75. The number of carboxylic acid groups (broad SMARTS) is 1. The number of nitrogens with zero attached hydrogens (tertiary/aromatic N) is 2. The van der Waals surface area contributed by atoms with Gasteiger partial charge >= 0.3 is 5.97 Å². The summed E-state index contributed by atoms with van der Waals surface area (Å²) in [6, 6.07) is 1.15. The number of aromatic carboxylic acids is 1. The van der Waals surface area contributed by atoms with Crippen molar-refractivity contribution in [3.63, 3.8) is 0 Å². The largest absolute Gasteiger partial charge is 0.477 e. The van der Waals surface area contributed by atoms with E-state index in [9.17, 15) is 13.2 Å². The predicted octanol–water partition coefficient (Wildman–Crippen LogP) is 1.14. The predicted molar refractivity (Wildman–Crippen MR) is 69.5 cm³/mol. The minimum atomic E-state index is -3.63. The molecule has 1 atom stereocenters. The van der Waals surface area contributed by atoms with E-state index < -0.39 is 16.0 Å². The van der Waals surface area contributed by atoms with Crippen LogP contribution in [0.5, 0.6) is 0 Å². The fourth-order valence-corrected chi connectivity index (χ4v) is 3.64. The van der Waals surface area contributed by atoms with Crippen LogP contribution in [0.1, 0.15) is 30.3 Å². The molecule has 1 aromatic rings. The summed E-state index contributed by atoms with van der Waals surface area (Å²) in [6.07, 6.45) is 3.45. The molecule has 1 aromatic heterocycles. The second-order valence-corrected chi connectivity index (χ2v) is 7.07. The summed E-state index contributed by atoms with van der Waals surface area (Å²) in [5, 5.41) is 8.96. The van der Waals surface area contributed by atoms with Gasteiger partial charge in [-0.15, -0.1) is 0 Å². The van der Waals surface area contributed by atoms with Gasteiger partial charge in [0.2, 0.25) is 10.0 Å². The van der Waals surface area contributed by atoms with E-state index in [1.807, 2.05) is 6.92 Å². The molecule has 0 spiro atoms. The van der Waals surface area contributed by atoms with E-state index in [-0.39, 0.29) is 16.6 Å². The van der Waals surface area contributed by atoms with Gasteiger partial charge in [0.15, 0.2) is 0 Å². The first-order valence-corrected chi connectivity index (χ1v) is 7.57. The van der Waals surface area contributed by atoms with Crippen molar-refractivity contribution in [1.82, 2.24) is 8.87 Å². The maximum atomic E-state index is 12.4. The van der Waals surface area contributed by atoms with E-state index >= 15 is 0 Å². The average Bonchev–Trinajstić information content (AvgIpc) is 3.09. The lowest BCUT2D eigenvalue weighted by molar-refractivity contribution is 0.0686. The van der Waals surface area contributed by atoms with Gasteiger partial charge in [-0.05, 0) is 31.7 Å². The molecule has 2 rings (SSSR count). The lowest BCUT2D eigenvalue weighted by Crippen LogP contribution is -2.36. The van der Waals surface area contributed by atoms with Crippen LogP contribution in [0.15, 0.2) is 17.2 Å². The van der Waals surface area contributed by atoms with Gasteiger partial charge in [0.1, 0.15) is 10.6 Å². The number of rotatable bonds is 5. The Morgan fingerprint density at radius 1 is 1.53 bits per heavy atom. The average molecular weight is 286 g/mol. The van der Waals surface area contributed by atoms with E-state index in [0.717, 1.165) is 12.8 Å². The summed E-state index contributed by atoms with van der Waals surface area (Å²) >= 11 is 0. The minimum Gasteiger partial charge on any atom is -0.477 e. The van der Waals surface area contributed by atoms with Gasteiger partial charge in [-0.3, -0.25) is 0 Å². The highest BCUT2D eigenvalue weighted by Gasteiger charge is 2.36. The van der Waals surface area contributed by atoms with E-state index in [4.69, 9.17) is 5.11 Å². The second-order valence-electron chi connectivity index (χ2n) is 5.08. The lowest BCUT2D eigenvalue weighted by Gasteiger charge is -2.23. The first kappa shape index (κ1) is 14.1. The van der Waals surface area contributed by atoms with Gasteiger partial charge < -0.3 is 9.67 Å². The molecule has 6 nitrogen and oxygen atoms in total. The Bertz CT molecular complexity index is 601. The molecule has 19 heavy (non-hydrogen) atoms. The quantitative estimate of drug-likeness (QED) is 0.880. The molecule has 1 N–H and O–H groups in total. The number of carboxylic acids is 1. The Kier molecular flexibility index (Phi) is 3.44. The van der Waals surface area contributed by atoms with Crippen molar-refractivity contribution in [3.05, 3.63) is 18.0 Å². The van der Waals surface area contributed by atoms with E-state index in [1.165, 1.54) is 28.2 Å². The monoisotopic (exact) mass is 286 g/mol. The van der Waals surface area contributed by atoms with Crippen LogP contribution in [0, 0.1) is 5.92 Å². The van der Waals surface area contributed by atoms with Crippen LogP contribution < -0.4 is 0 Å². The molecule has 1 fully saturated rings. The number of sulfonamides is 1. The first-order chi connectivity index (χ1) is 8.75. The summed E-state index contributed by atoms with van der Waals surface area (Å²) in [6.45, 7) is 1.89. The van der Waals surface area contributed by atoms with Crippen LogP contribution in [-0.2, 0) is 17.1 Å². The summed E-state index contributed by atoms with van der Waals surface area (Å²) in [4.78, 5) is 11.0. The van der Waals surface area contributed by atoms with Gasteiger partial charge in [-0.25, -0.2) is 13.2 Å². The number of hydrogen-bond donors (Lipinski definition) is 1. The highest BCUT2D eigenvalue weighted by atomic mass is 32.2. The molecular weight excluding hydrogens is 268 g/mol. The molecule has 0 aliphatic heterocycles. The number of aryl methyl sites for hydroxylation is 1. The van der Waals surface area contributed by atoms with Crippen LogP contribution in [-0.4, -0.2) is 41.5 Å². The molecular formula is C12H18N2O4S. The summed E-state index contributed by atoms with van der Waals surface area (Å²) in [7, 11) is -0.561. The van der Waals surface area contributed by atoms with Crippen molar-refractivity contribution in [3.8, 4) is 0 Å². The van der Waals surface area contributed by atoms with E-state index in [2.05, 4.69) is 0 Å². The molecule has 0 amide bonds. The molecule has 0 saturated heterocycles. The van der Waals surface area contributed by atoms with Crippen molar-refractivity contribution in [2.24, 2.45) is 13.0 Å². The summed E-state index contributed by atoms with van der Waals surface area (Å²) in [5.41, 5.74) is -0.0361. The van der Waals surface area contributed by atoms with Crippen LogP contribution in [0.2, 0.25) is 0 Å². The summed E-state index contributed by atoms with van der Waals surface area (Å²) in [5.74, 6) is -0.718. The zero-order valence-corrected chi connectivity index (χ0v) is 12.0. The third kappa shape index (κ3) is 2.52. The first-order valence-electron chi connectivity index (χ1n) is 6.13. The Balaban J connectivity index is 2.33. The Hall–Kier alpha value is -1.34. The normalized spacial score (nSPS) is 17.7.